The molecular formula is C18H31NO2. The second-order valence-corrected chi connectivity index (χ2v) is 9.16. The molecule has 4 atom stereocenters. The van der Waals surface area contributed by atoms with Crippen molar-refractivity contribution in [2.45, 2.75) is 77.8 Å². The SMILES string of the molecule is COC(=O)C(C)C(C)NC12CC3CC(C)(CC(C)(C3)C1)C2. The lowest BCUT2D eigenvalue weighted by atomic mass is 9.42. The van der Waals surface area contributed by atoms with Gasteiger partial charge >= 0.3 is 5.97 Å². The molecule has 4 saturated carbocycles. The second kappa shape index (κ2) is 4.71. The zero-order chi connectivity index (χ0) is 15.5. The summed E-state index contributed by atoms with van der Waals surface area (Å²) in [6, 6.07) is 0.181. The Balaban J connectivity index is 1.77. The minimum absolute atomic E-state index is 0.0800. The summed E-state index contributed by atoms with van der Waals surface area (Å²) in [7, 11) is 1.48. The van der Waals surface area contributed by atoms with E-state index in [1.807, 2.05) is 6.92 Å². The molecule has 4 rings (SSSR count). The molecule has 0 aliphatic heterocycles. The van der Waals surface area contributed by atoms with Crippen LogP contribution in [0.3, 0.4) is 0 Å². The Morgan fingerprint density at radius 2 is 1.67 bits per heavy atom. The van der Waals surface area contributed by atoms with Gasteiger partial charge in [-0.25, -0.2) is 0 Å². The molecule has 0 heterocycles. The summed E-state index contributed by atoms with van der Waals surface area (Å²) >= 11 is 0. The van der Waals surface area contributed by atoms with E-state index in [1.165, 1.54) is 45.6 Å². The number of carbonyl (C=O) groups excluding carboxylic acids is 1. The van der Waals surface area contributed by atoms with E-state index in [1.54, 1.807) is 0 Å². The highest BCUT2D eigenvalue weighted by atomic mass is 16.5. The summed E-state index contributed by atoms with van der Waals surface area (Å²) in [6.07, 6.45) is 8.08. The van der Waals surface area contributed by atoms with Gasteiger partial charge in [0.25, 0.3) is 0 Å². The van der Waals surface area contributed by atoms with Gasteiger partial charge in [0.2, 0.25) is 0 Å². The molecule has 0 aromatic carbocycles. The molecule has 0 aromatic rings. The molecule has 0 radical (unpaired) electrons. The Kier molecular flexibility index (Phi) is 3.44. The number of ether oxygens (including phenoxy) is 1. The fourth-order valence-corrected chi connectivity index (χ4v) is 6.61. The van der Waals surface area contributed by atoms with Gasteiger partial charge in [-0.1, -0.05) is 20.8 Å². The fraction of sp³-hybridized carbons (Fsp3) is 0.944. The van der Waals surface area contributed by atoms with Gasteiger partial charge in [-0.05, 0) is 62.2 Å². The molecule has 4 fully saturated rings. The standard InChI is InChI=1S/C18H31NO2/c1-12(15(20)21-5)13(2)19-18-8-14-6-16(3,10-18)9-17(4,7-14)11-18/h12-14,19H,6-11H2,1-5H3. The zero-order valence-electron chi connectivity index (χ0n) is 14.3. The fourth-order valence-electron chi connectivity index (χ4n) is 6.61. The van der Waals surface area contributed by atoms with E-state index >= 15 is 0 Å². The van der Waals surface area contributed by atoms with E-state index in [-0.39, 0.29) is 23.5 Å². The molecule has 1 N–H and O–H groups in total. The van der Waals surface area contributed by atoms with E-state index in [0.29, 0.717) is 10.8 Å². The second-order valence-electron chi connectivity index (χ2n) is 9.16. The predicted molar refractivity (Wildman–Crippen MR) is 83.9 cm³/mol. The van der Waals surface area contributed by atoms with Gasteiger partial charge in [0.1, 0.15) is 0 Å². The van der Waals surface area contributed by atoms with E-state index < -0.39 is 0 Å². The third-order valence-electron chi connectivity index (χ3n) is 6.48. The van der Waals surface area contributed by atoms with Crippen LogP contribution in [0.25, 0.3) is 0 Å². The van der Waals surface area contributed by atoms with Crippen molar-refractivity contribution in [2.24, 2.45) is 22.7 Å². The Morgan fingerprint density at radius 3 is 2.14 bits per heavy atom. The normalized spacial score (nSPS) is 47.2. The smallest absolute Gasteiger partial charge is 0.309 e. The van der Waals surface area contributed by atoms with Gasteiger partial charge in [0.05, 0.1) is 13.0 Å². The molecule has 0 spiro atoms. The Bertz CT molecular complexity index is 428. The van der Waals surface area contributed by atoms with Crippen molar-refractivity contribution < 1.29 is 9.53 Å². The van der Waals surface area contributed by atoms with Crippen LogP contribution in [-0.4, -0.2) is 24.7 Å². The lowest BCUT2D eigenvalue weighted by Crippen LogP contribution is -2.66. The van der Waals surface area contributed by atoms with Crippen molar-refractivity contribution in [3.05, 3.63) is 0 Å². The molecule has 4 unspecified atom stereocenters. The van der Waals surface area contributed by atoms with Gasteiger partial charge in [0.15, 0.2) is 0 Å². The summed E-state index contributed by atoms with van der Waals surface area (Å²) in [5.41, 5.74) is 1.27. The number of hydrogen-bond donors (Lipinski definition) is 1. The number of esters is 1. The first-order chi connectivity index (χ1) is 9.68. The number of rotatable bonds is 4. The van der Waals surface area contributed by atoms with Crippen LogP contribution in [0, 0.1) is 22.7 Å². The lowest BCUT2D eigenvalue weighted by molar-refractivity contribution is -0.147. The predicted octanol–water partition coefficient (Wildman–Crippen LogP) is 3.52. The van der Waals surface area contributed by atoms with E-state index in [4.69, 9.17) is 4.74 Å². The van der Waals surface area contributed by atoms with Gasteiger partial charge in [-0.3, -0.25) is 4.79 Å². The number of methoxy groups -OCH3 is 1. The van der Waals surface area contributed by atoms with Crippen LogP contribution >= 0.6 is 0 Å². The van der Waals surface area contributed by atoms with E-state index in [0.717, 1.165) is 5.92 Å². The maximum atomic E-state index is 11.8. The summed E-state index contributed by atoms with van der Waals surface area (Å²) < 4.78 is 4.91. The maximum absolute atomic E-state index is 11.8. The molecule has 0 aromatic heterocycles. The first-order valence-corrected chi connectivity index (χ1v) is 8.54. The third kappa shape index (κ3) is 2.62. The topological polar surface area (TPSA) is 38.3 Å². The average Bonchev–Trinajstić information content (AvgIpc) is 2.31. The quantitative estimate of drug-likeness (QED) is 0.806. The minimum Gasteiger partial charge on any atom is -0.469 e. The van der Waals surface area contributed by atoms with Crippen LogP contribution in [0.1, 0.15) is 66.2 Å². The van der Waals surface area contributed by atoms with Gasteiger partial charge in [-0.2, -0.15) is 0 Å². The largest absolute Gasteiger partial charge is 0.469 e. The molecule has 21 heavy (non-hydrogen) atoms. The maximum Gasteiger partial charge on any atom is 0.309 e. The van der Waals surface area contributed by atoms with Crippen molar-refractivity contribution in [2.75, 3.05) is 7.11 Å². The molecule has 4 bridgehead atoms. The highest BCUT2D eigenvalue weighted by Gasteiger charge is 2.60. The molecule has 4 aliphatic carbocycles. The van der Waals surface area contributed by atoms with Crippen LogP contribution in [0.2, 0.25) is 0 Å². The summed E-state index contributed by atoms with van der Waals surface area (Å²) in [4.78, 5) is 11.8. The van der Waals surface area contributed by atoms with Crippen molar-refractivity contribution in [1.82, 2.24) is 5.32 Å². The zero-order valence-corrected chi connectivity index (χ0v) is 14.3. The number of hydrogen-bond acceptors (Lipinski definition) is 3. The van der Waals surface area contributed by atoms with Crippen molar-refractivity contribution in [1.29, 1.82) is 0 Å². The van der Waals surface area contributed by atoms with Gasteiger partial charge in [-0.15, -0.1) is 0 Å². The highest BCUT2D eigenvalue weighted by molar-refractivity contribution is 5.72. The Labute approximate surface area is 129 Å². The molecular weight excluding hydrogens is 262 g/mol. The number of nitrogens with one attached hydrogen (secondary N) is 1. The van der Waals surface area contributed by atoms with Crippen LogP contribution in [-0.2, 0) is 9.53 Å². The Morgan fingerprint density at radius 1 is 1.10 bits per heavy atom. The number of carbonyl (C=O) groups is 1. The van der Waals surface area contributed by atoms with Crippen LogP contribution in [0.5, 0.6) is 0 Å². The van der Waals surface area contributed by atoms with Crippen LogP contribution in [0.15, 0.2) is 0 Å². The highest BCUT2D eigenvalue weighted by Crippen LogP contribution is 2.66. The molecule has 120 valence electrons. The summed E-state index contributed by atoms with van der Waals surface area (Å²) in [5, 5.41) is 3.89. The third-order valence-corrected chi connectivity index (χ3v) is 6.48. The molecule has 0 saturated heterocycles. The molecule has 0 amide bonds. The molecule has 3 nitrogen and oxygen atoms in total. The van der Waals surface area contributed by atoms with Crippen LogP contribution in [0.4, 0.5) is 0 Å². The van der Waals surface area contributed by atoms with Gasteiger partial charge in [0, 0.05) is 11.6 Å². The van der Waals surface area contributed by atoms with Gasteiger partial charge < -0.3 is 10.1 Å². The monoisotopic (exact) mass is 293 g/mol. The Hall–Kier alpha value is -0.570. The summed E-state index contributed by atoms with van der Waals surface area (Å²) in [5.74, 6) is 0.699. The van der Waals surface area contributed by atoms with Crippen LogP contribution < -0.4 is 5.32 Å². The minimum atomic E-state index is -0.0999. The van der Waals surface area contributed by atoms with Crippen molar-refractivity contribution in [3.63, 3.8) is 0 Å². The molecule has 3 heteroatoms. The summed E-state index contributed by atoms with van der Waals surface area (Å²) in [6.45, 7) is 9.10. The first kappa shape index (κ1) is 15.3. The molecule has 4 aliphatic rings. The van der Waals surface area contributed by atoms with E-state index in [9.17, 15) is 4.79 Å². The average molecular weight is 293 g/mol. The first-order valence-electron chi connectivity index (χ1n) is 8.54. The lowest BCUT2D eigenvalue weighted by Gasteiger charge is -2.66. The van der Waals surface area contributed by atoms with E-state index in [2.05, 4.69) is 26.1 Å². The van der Waals surface area contributed by atoms with Crippen molar-refractivity contribution in [3.8, 4) is 0 Å². The van der Waals surface area contributed by atoms with Crippen molar-refractivity contribution >= 4 is 5.97 Å².